The fraction of sp³-hybridized carbons (Fsp3) is 0.429. The van der Waals surface area contributed by atoms with Crippen LogP contribution in [-0.4, -0.2) is 61.9 Å². The van der Waals surface area contributed by atoms with Gasteiger partial charge in [0.2, 0.25) is 0 Å². The van der Waals surface area contributed by atoms with E-state index < -0.39 is 11.7 Å². The van der Waals surface area contributed by atoms with Gasteiger partial charge in [-0.15, -0.1) is 0 Å². The van der Waals surface area contributed by atoms with Gasteiger partial charge in [0.25, 0.3) is 0 Å². The molecule has 0 amide bonds. The van der Waals surface area contributed by atoms with Gasteiger partial charge in [-0.25, -0.2) is 9.98 Å². The number of morpholine rings is 1. The normalized spacial score (nSPS) is 17.8. The van der Waals surface area contributed by atoms with E-state index >= 15 is 0 Å². The number of anilines is 1. The molecule has 1 aliphatic carbocycles. The lowest BCUT2D eigenvalue weighted by Gasteiger charge is -2.26. The van der Waals surface area contributed by atoms with Gasteiger partial charge in [0.05, 0.1) is 24.9 Å². The molecule has 9 heteroatoms. The van der Waals surface area contributed by atoms with Gasteiger partial charge in [0.1, 0.15) is 18.2 Å². The van der Waals surface area contributed by atoms with Crippen LogP contribution in [0.15, 0.2) is 41.6 Å². The van der Waals surface area contributed by atoms with Crippen molar-refractivity contribution in [2.75, 3.05) is 44.8 Å². The number of fused-ring (bicyclic) bond motifs is 1. The minimum Gasteiger partial charge on any atom is -0.496 e. The number of aromatic nitrogens is 1. The van der Waals surface area contributed by atoms with Gasteiger partial charge in [-0.2, -0.15) is 13.2 Å². The van der Waals surface area contributed by atoms with E-state index in [1.807, 2.05) is 12.1 Å². The molecule has 1 aromatic heterocycles. The van der Waals surface area contributed by atoms with Gasteiger partial charge in [0.15, 0.2) is 0 Å². The molecule has 30 heavy (non-hydrogen) atoms. The number of hydrogen-bond acceptors (Lipinski definition) is 5. The van der Waals surface area contributed by atoms with Gasteiger partial charge >= 0.3 is 6.18 Å². The maximum atomic E-state index is 12.3. The summed E-state index contributed by atoms with van der Waals surface area (Å²) >= 11 is 0. The average molecular weight is 422 g/mol. The number of rotatable bonds is 8. The molecule has 0 spiro atoms. The first-order chi connectivity index (χ1) is 14.4. The third-order valence-corrected chi connectivity index (χ3v) is 4.73. The van der Waals surface area contributed by atoms with Crippen LogP contribution in [0.1, 0.15) is 12.8 Å². The summed E-state index contributed by atoms with van der Waals surface area (Å²) in [5.74, 6) is 1.48. The summed E-state index contributed by atoms with van der Waals surface area (Å²) in [6.45, 7) is 7.83. The van der Waals surface area contributed by atoms with E-state index in [-0.39, 0.29) is 0 Å². The van der Waals surface area contributed by atoms with Crippen molar-refractivity contribution in [2.24, 2.45) is 4.99 Å². The summed E-state index contributed by atoms with van der Waals surface area (Å²) in [5.41, 5.74) is -0.960. The van der Waals surface area contributed by atoms with Gasteiger partial charge in [-0.3, -0.25) is 4.90 Å². The molecule has 2 aliphatic rings. The van der Waals surface area contributed by atoms with Crippen molar-refractivity contribution in [3.05, 3.63) is 47.1 Å². The van der Waals surface area contributed by atoms with Crippen molar-refractivity contribution >= 4 is 24.0 Å². The maximum absolute atomic E-state index is 12.3. The van der Waals surface area contributed by atoms with Crippen LogP contribution < -0.4 is 15.9 Å². The van der Waals surface area contributed by atoms with Crippen molar-refractivity contribution < 1.29 is 22.6 Å². The van der Waals surface area contributed by atoms with Gasteiger partial charge < -0.3 is 14.8 Å². The number of nitrogens with one attached hydrogen (secondary N) is 1. The molecule has 0 radical (unpaired) electrons. The maximum Gasteiger partial charge on any atom is 0.415 e. The first kappa shape index (κ1) is 22.0. The van der Waals surface area contributed by atoms with Crippen LogP contribution in [0.5, 0.6) is 0 Å². The Kier molecular flexibility index (Phi) is 7.64. The fourth-order valence-electron chi connectivity index (χ4n) is 3.07. The molecule has 1 aromatic rings. The molecule has 1 N–H and O–H groups in total. The molecule has 2 heterocycles. The van der Waals surface area contributed by atoms with Crippen LogP contribution in [0.25, 0.3) is 11.8 Å². The fourth-order valence-corrected chi connectivity index (χ4v) is 3.07. The van der Waals surface area contributed by atoms with Gasteiger partial charge in [0, 0.05) is 43.0 Å². The van der Waals surface area contributed by atoms with Crippen LogP contribution in [0, 0.1) is 0 Å². The van der Waals surface area contributed by atoms with E-state index in [9.17, 15) is 13.2 Å². The Morgan fingerprint density at radius 3 is 2.90 bits per heavy atom. The minimum atomic E-state index is -4.45. The summed E-state index contributed by atoms with van der Waals surface area (Å²) in [6, 6.07) is 3.72. The van der Waals surface area contributed by atoms with E-state index in [0.717, 1.165) is 74.3 Å². The molecule has 6 nitrogen and oxygen atoms in total. The number of hydrogen-bond donors (Lipinski definition) is 1. The lowest BCUT2D eigenvalue weighted by Crippen LogP contribution is -2.39. The van der Waals surface area contributed by atoms with E-state index in [2.05, 4.69) is 26.8 Å². The summed E-state index contributed by atoms with van der Waals surface area (Å²) < 4.78 is 48.4. The Bertz CT molecular complexity index is 919. The third kappa shape index (κ3) is 6.43. The van der Waals surface area contributed by atoms with Crippen LogP contribution in [0.4, 0.5) is 19.0 Å². The molecular formula is C21H25F3N4O2. The lowest BCUT2D eigenvalue weighted by atomic mass is 10.1. The summed E-state index contributed by atoms with van der Waals surface area (Å²) in [4.78, 5) is 10.6. The minimum absolute atomic E-state index is 0.548. The molecule has 0 atom stereocenters. The van der Waals surface area contributed by atoms with Crippen molar-refractivity contribution in [3.8, 4) is 0 Å². The third-order valence-electron chi connectivity index (χ3n) is 4.73. The molecule has 1 saturated heterocycles. The SMILES string of the molecule is C=C(/C=C\N=CNc1ccc2c(n1)=CCCC=2OCCN1CCOCC1)C(F)(F)F. The number of aliphatic imine (C=N–C) groups is 1. The van der Waals surface area contributed by atoms with Crippen LogP contribution in [0.3, 0.4) is 0 Å². The van der Waals surface area contributed by atoms with E-state index in [0.29, 0.717) is 12.4 Å². The molecule has 3 rings (SSSR count). The number of alkyl halides is 3. The second kappa shape index (κ2) is 10.4. The first-order valence-electron chi connectivity index (χ1n) is 9.77. The standard InChI is InChI=1S/C21H25F3N4O2/c1-16(21(22,23)24)7-8-25-15-26-20-6-5-17-18(27-20)3-2-4-19(17)30-14-11-28-9-12-29-13-10-28/h3,5-8,15H,1-2,4,9-14H2,(H,25,26,27)/b8-7-. The highest BCUT2D eigenvalue weighted by molar-refractivity contribution is 5.74. The molecule has 0 saturated carbocycles. The highest BCUT2D eigenvalue weighted by atomic mass is 19.4. The Morgan fingerprint density at radius 2 is 2.13 bits per heavy atom. The predicted molar refractivity (Wildman–Crippen MR) is 110 cm³/mol. The Labute approximate surface area is 173 Å². The second-order valence-corrected chi connectivity index (χ2v) is 6.86. The molecule has 1 aliphatic heterocycles. The van der Waals surface area contributed by atoms with Crippen LogP contribution in [0.2, 0.25) is 0 Å². The molecular weight excluding hydrogens is 397 g/mol. The van der Waals surface area contributed by atoms with Crippen LogP contribution >= 0.6 is 0 Å². The zero-order valence-electron chi connectivity index (χ0n) is 16.6. The van der Waals surface area contributed by atoms with E-state index in [1.165, 1.54) is 6.34 Å². The molecule has 0 aromatic carbocycles. The highest BCUT2D eigenvalue weighted by Gasteiger charge is 2.29. The van der Waals surface area contributed by atoms with Crippen molar-refractivity contribution in [1.29, 1.82) is 0 Å². The van der Waals surface area contributed by atoms with Gasteiger partial charge in [-0.05, 0) is 24.6 Å². The molecule has 0 bridgehead atoms. The number of nitrogens with zero attached hydrogens (tertiary/aromatic N) is 3. The zero-order valence-corrected chi connectivity index (χ0v) is 16.6. The van der Waals surface area contributed by atoms with Crippen LogP contribution in [-0.2, 0) is 9.47 Å². The monoisotopic (exact) mass is 422 g/mol. The Hall–Kier alpha value is -2.65. The van der Waals surface area contributed by atoms with Crippen molar-refractivity contribution in [3.63, 3.8) is 0 Å². The highest BCUT2D eigenvalue weighted by Crippen LogP contribution is 2.24. The predicted octanol–water partition coefficient (Wildman–Crippen LogP) is 2.19. The lowest BCUT2D eigenvalue weighted by molar-refractivity contribution is -0.0878. The number of allylic oxidation sites excluding steroid dienone is 2. The Balaban J connectivity index is 1.57. The molecule has 162 valence electrons. The summed E-state index contributed by atoms with van der Waals surface area (Å²) in [7, 11) is 0. The van der Waals surface area contributed by atoms with Crippen molar-refractivity contribution in [2.45, 2.75) is 19.0 Å². The average Bonchev–Trinajstić information content (AvgIpc) is 2.73. The smallest absolute Gasteiger partial charge is 0.415 e. The Morgan fingerprint density at radius 1 is 1.33 bits per heavy atom. The second-order valence-electron chi connectivity index (χ2n) is 6.86. The van der Waals surface area contributed by atoms with Crippen molar-refractivity contribution in [1.82, 2.24) is 9.88 Å². The van der Waals surface area contributed by atoms with E-state index in [4.69, 9.17) is 9.47 Å². The number of pyridine rings is 1. The van der Waals surface area contributed by atoms with Gasteiger partial charge in [-0.1, -0.05) is 12.7 Å². The largest absolute Gasteiger partial charge is 0.496 e. The summed E-state index contributed by atoms with van der Waals surface area (Å²) in [6.07, 6.45) is 2.38. The number of ether oxygens (including phenoxy) is 2. The van der Waals surface area contributed by atoms with E-state index in [1.54, 1.807) is 6.07 Å². The number of halogens is 3. The quantitative estimate of drug-likeness (QED) is 0.395. The first-order valence-corrected chi connectivity index (χ1v) is 9.77. The zero-order chi connectivity index (χ0) is 21.4. The molecule has 1 fully saturated rings. The molecule has 0 unspecified atom stereocenters. The topological polar surface area (TPSA) is 59.0 Å². The summed E-state index contributed by atoms with van der Waals surface area (Å²) in [5, 5.41) is 4.64.